The fourth-order valence-corrected chi connectivity index (χ4v) is 3.38. The second kappa shape index (κ2) is 5.64. The lowest BCUT2D eigenvalue weighted by Gasteiger charge is -2.16. The maximum Gasteiger partial charge on any atom is 0.339 e. The van der Waals surface area contributed by atoms with Crippen molar-refractivity contribution < 1.29 is 9.53 Å². The first-order valence-electron chi connectivity index (χ1n) is 8.12. The SMILES string of the molecule is Cc1cccc(C(=O)OC2c3ccccc3-c3ccccc32)c1C. The van der Waals surface area contributed by atoms with Crippen LogP contribution >= 0.6 is 0 Å². The van der Waals surface area contributed by atoms with Crippen LogP contribution in [-0.2, 0) is 4.74 Å². The molecular formula is C22H18O2. The predicted octanol–water partition coefficient (Wildman–Crippen LogP) is 5.23. The van der Waals surface area contributed by atoms with Crippen LogP contribution in [0.15, 0.2) is 66.7 Å². The van der Waals surface area contributed by atoms with Gasteiger partial charge in [0.1, 0.15) is 0 Å². The number of hydrogen-bond acceptors (Lipinski definition) is 2. The highest BCUT2D eigenvalue weighted by Gasteiger charge is 2.31. The smallest absolute Gasteiger partial charge is 0.339 e. The zero-order valence-corrected chi connectivity index (χ0v) is 13.7. The van der Waals surface area contributed by atoms with Crippen molar-refractivity contribution in [2.24, 2.45) is 0 Å². The van der Waals surface area contributed by atoms with Gasteiger partial charge in [0.05, 0.1) is 5.56 Å². The van der Waals surface area contributed by atoms with Gasteiger partial charge in [0.2, 0.25) is 0 Å². The molecule has 2 heteroatoms. The molecule has 2 nitrogen and oxygen atoms in total. The average molecular weight is 314 g/mol. The number of hydrogen-bond donors (Lipinski definition) is 0. The largest absolute Gasteiger partial charge is 0.449 e. The van der Waals surface area contributed by atoms with Gasteiger partial charge in [-0.3, -0.25) is 0 Å². The van der Waals surface area contributed by atoms with Gasteiger partial charge in [-0.2, -0.15) is 0 Å². The highest BCUT2D eigenvalue weighted by Crippen LogP contribution is 2.45. The van der Waals surface area contributed by atoms with Crippen molar-refractivity contribution in [2.75, 3.05) is 0 Å². The van der Waals surface area contributed by atoms with Crippen molar-refractivity contribution in [3.8, 4) is 11.1 Å². The van der Waals surface area contributed by atoms with Crippen molar-refractivity contribution >= 4 is 5.97 Å². The Morgan fingerprint density at radius 2 is 1.38 bits per heavy atom. The van der Waals surface area contributed by atoms with Gasteiger partial charge in [0.25, 0.3) is 0 Å². The Balaban J connectivity index is 1.75. The van der Waals surface area contributed by atoms with E-state index in [-0.39, 0.29) is 12.1 Å². The summed E-state index contributed by atoms with van der Waals surface area (Å²) in [5, 5.41) is 0. The molecule has 4 rings (SSSR count). The molecule has 0 spiro atoms. The molecule has 1 aliphatic carbocycles. The molecule has 1 aliphatic rings. The summed E-state index contributed by atoms with van der Waals surface area (Å²) >= 11 is 0. The minimum Gasteiger partial charge on any atom is -0.449 e. The standard InChI is InChI=1S/C22H18O2/c1-14-8-7-13-16(15(14)2)22(23)24-21-19-11-5-3-9-17(19)18-10-4-6-12-20(18)21/h3-13,21H,1-2H3. The van der Waals surface area contributed by atoms with E-state index in [0.29, 0.717) is 5.56 Å². The summed E-state index contributed by atoms with van der Waals surface area (Å²) < 4.78 is 5.95. The molecule has 0 saturated heterocycles. The summed E-state index contributed by atoms with van der Waals surface area (Å²) in [6, 6.07) is 22.0. The lowest BCUT2D eigenvalue weighted by molar-refractivity contribution is 0.0385. The number of aryl methyl sites for hydroxylation is 1. The number of esters is 1. The number of fused-ring (bicyclic) bond motifs is 3. The van der Waals surface area contributed by atoms with Crippen LogP contribution in [0.1, 0.15) is 38.7 Å². The molecule has 0 unspecified atom stereocenters. The summed E-state index contributed by atoms with van der Waals surface area (Å²) in [7, 11) is 0. The third-order valence-electron chi connectivity index (χ3n) is 4.83. The maximum atomic E-state index is 12.8. The highest BCUT2D eigenvalue weighted by atomic mass is 16.5. The van der Waals surface area contributed by atoms with Gasteiger partial charge in [-0.25, -0.2) is 4.79 Å². The molecule has 0 aliphatic heterocycles. The van der Waals surface area contributed by atoms with Crippen LogP contribution in [0.3, 0.4) is 0 Å². The molecule has 0 heterocycles. The number of benzene rings is 3. The van der Waals surface area contributed by atoms with E-state index in [2.05, 4.69) is 12.1 Å². The average Bonchev–Trinajstić information content (AvgIpc) is 2.92. The van der Waals surface area contributed by atoms with Crippen LogP contribution in [0.5, 0.6) is 0 Å². The van der Waals surface area contributed by atoms with Gasteiger partial charge in [-0.1, -0.05) is 60.7 Å². The lowest BCUT2D eigenvalue weighted by atomic mass is 10.0. The first-order valence-corrected chi connectivity index (χ1v) is 8.12. The van der Waals surface area contributed by atoms with Crippen molar-refractivity contribution in [3.63, 3.8) is 0 Å². The van der Waals surface area contributed by atoms with Gasteiger partial charge in [0, 0.05) is 11.1 Å². The molecule has 0 amide bonds. The number of ether oxygens (including phenoxy) is 1. The van der Waals surface area contributed by atoms with Gasteiger partial charge in [0.15, 0.2) is 6.10 Å². The van der Waals surface area contributed by atoms with Gasteiger partial charge >= 0.3 is 5.97 Å². The zero-order chi connectivity index (χ0) is 16.7. The van der Waals surface area contributed by atoms with Gasteiger partial charge in [-0.05, 0) is 42.2 Å². The van der Waals surface area contributed by atoms with Crippen molar-refractivity contribution in [1.29, 1.82) is 0 Å². The Kier molecular flexibility index (Phi) is 3.46. The molecular weight excluding hydrogens is 296 g/mol. The van der Waals surface area contributed by atoms with E-state index in [1.165, 1.54) is 0 Å². The third-order valence-corrected chi connectivity index (χ3v) is 4.83. The number of carbonyl (C=O) groups is 1. The predicted molar refractivity (Wildman–Crippen MR) is 95.1 cm³/mol. The van der Waals surface area contributed by atoms with E-state index in [0.717, 1.165) is 33.4 Å². The van der Waals surface area contributed by atoms with Crippen molar-refractivity contribution in [3.05, 3.63) is 94.5 Å². The minimum absolute atomic E-state index is 0.271. The second-order valence-corrected chi connectivity index (χ2v) is 6.21. The van der Waals surface area contributed by atoms with Crippen molar-refractivity contribution in [2.45, 2.75) is 20.0 Å². The maximum absolute atomic E-state index is 12.8. The molecule has 0 saturated carbocycles. The highest BCUT2D eigenvalue weighted by molar-refractivity contribution is 5.92. The van der Waals surface area contributed by atoms with Crippen LogP contribution in [0.2, 0.25) is 0 Å². The molecule has 0 N–H and O–H groups in total. The molecule has 24 heavy (non-hydrogen) atoms. The van der Waals surface area contributed by atoms with Crippen LogP contribution in [-0.4, -0.2) is 5.97 Å². The minimum atomic E-state index is -0.343. The quantitative estimate of drug-likeness (QED) is 0.605. The van der Waals surface area contributed by atoms with E-state index < -0.39 is 0 Å². The summed E-state index contributed by atoms with van der Waals surface area (Å²) in [6.45, 7) is 3.97. The van der Waals surface area contributed by atoms with E-state index >= 15 is 0 Å². The van der Waals surface area contributed by atoms with Crippen molar-refractivity contribution in [1.82, 2.24) is 0 Å². The van der Waals surface area contributed by atoms with Crippen LogP contribution in [0.25, 0.3) is 11.1 Å². The molecule has 0 aromatic heterocycles. The van der Waals surface area contributed by atoms with E-state index in [9.17, 15) is 4.79 Å². The van der Waals surface area contributed by atoms with Crippen LogP contribution < -0.4 is 0 Å². The summed E-state index contributed by atoms with van der Waals surface area (Å²) in [6.07, 6.45) is -0.343. The molecule has 3 aromatic rings. The summed E-state index contributed by atoms with van der Waals surface area (Å²) in [4.78, 5) is 12.8. The van der Waals surface area contributed by atoms with E-state index in [1.807, 2.05) is 68.4 Å². The fourth-order valence-electron chi connectivity index (χ4n) is 3.38. The topological polar surface area (TPSA) is 26.3 Å². The van der Waals surface area contributed by atoms with E-state index in [4.69, 9.17) is 4.74 Å². The van der Waals surface area contributed by atoms with Gasteiger partial charge in [-0.15, -0.1) is 0 Å². The van der Waals surface area contributed by atoms with E-state index in [1.54, 1.807) is 0 Å². The molecule has 0 fully saturated rings. The monoisotopic (exact) mass is 314 g/mol. The Labute approximate surface area is 141 Å². The first kappa shape index (κ1) is 14.7. The second-order valence-electron chi connectivity index (χ2n) is 6.21. The third kappa shape index (κ3) is 2.23. The van der Waals surface area contributed by atoms with Crippen LogP contribution in [0, 0.1) is 13.8 Å². The Morgan fingerprint density at radius 3 is 2.00 bits per heavy atom. The fraction of sp³-hybridized carbons (Fsp3) is 0.136. The first-order chi connectivity index (χ1) is 11.7. The Hall–Kier alpha value is -2.87. The summed E-state index contributed by atoms with van der Waals surface area (Å²) in [5.74, 6) is -0.271. The van der Waals surface area contributed by atoms with Crippen LogP contribution in [0.4, 0.5) is 0 Å². The summed E-state index contributed by atoms with van der Waals surface area (Å²) in [5.41, 5.74) is 7.10. The molecule has 0 bridgehead atoms. The Bertz CT molecular complexity index is 895. The number of rotatable bonds is 2. The molecule has 0 atom stereocenters. The molecule has 118 valence electrons. The normalized spacial score (nSPS) is 12.6. The zero-order valence-electron chi connectivity index (χ0n) is 13.7. The Morgan fingerprint density at radius 1 is 0.792 bits per heavy atom. The number of carbonyl (C=O) groups excluding carboxylic acids is 1. The lowest BCUT2D eigenvalue weighted by Crippen LogP contribution is -2.12. The molecule has 3 aromatic carbocycles. The van der Waals surface area contributed by atoms with Gasteiger partial charge < -0.3 is 4.74 Å². The molecule has 0 radical (unpaired) electrons.